The molecule has 1 amide bonds. The van der Waals surface area contributed by atoms with Crippen molar-refractivity contribution in [2.24, 2.45) is 12.0 Å². The zero-order chi connectivity index (χ0) is 23.1. The Balaban J connectivity index is 2.12. The van der Waals surface area contributed by atoms with Crippen LogP contribution in [0.2, 0.25) is 5.02 Å². The van der Waals surface area contributed by atoms with Crippen molar-refractivity contribution in [2.75, 3.05) is 6.61 Å². The normalized spacial score (nSPS) is 18.1. The van der Waals surface area contributed by atoms with Gasteiger partial charge in [0.15, 0.2) is 11.3 Å². The molecule has 1 aliphatic heterocycles. The van der Waals surface area contributed by atoms with E-state index < -0.39 is 34.1 Å². The van der Waals surface area contributed by atoms with Gasteiger partial charge in [0.05, 0.1) is 28.8 Å². The highest BCUT2D eigenvalue weighted by atomic mass is 35.5. The van der Waals surface area contributed by atoms with E-state index in [0.717, 1.165) is 18.5 Å². The van der Waals surface area contributed by atoms with Gasteiger partial charge in [-0.2, -0.15) is 18.2 Å². The van der Waals surface area contributed by atoms with Gasteiger partial charge in [0.2, 0.25) is 0 Å². The number of rotatable bonds is 3. The minimum Gasteiger partial charge on any atom is -0.376 e. The molecule has 31 heavy (non-hydrogen) atoms. The van der Waals surface area contributed by atoms with E-state index in [9.17, 15) is 22.4 Å². The third-order valence-electron chi connectivity index (χ3n) is 5.21. The van der Waals surface area contributed by atoms with Crippen LogP contribution < -0.4 is 5.49 Å². The number of hydrogen-bond acceptors (Lipinski definition) is 2. The lowest BCUT2D eigenvalue weighted by Crippen LogP contribution is -2.30. The molecule has 1 fully saturated rings. The Bertz CT molecular complexity index is 1060. The Morgan fingerprint density at radius 2 is 1.94 bits per heavy atom. The van der Waals surface area contributed by atoms with Gasteiger partial charge in [0.1, 0.15) is 0 Å². The van der Waals surface area contributed by atoms with Crippen molar-refractivity contribution < 1.29 is 27.1 Å². The van der Waals surface area contributed by atoms with E-state index in [0.29, 0.717) is 25.3 Å². The lowest BCUT2D eigenvalue weighted by atomic mass is 9.92. The number of carbonyl (C=O) groups is 1. The quantitative estimate of drug-likeness (QED) is 0.613. The molecule has 3 rings (SSSR count). The summed E-state index contributed by atoms with van der Waals surface area (Å²) in [4.78, 5) is 16.7. The van der Waals surface area contributed by atoms with Crippen molar-refractivity contribution in [3.8, 4) is 0 Å². The maximum Gasteiger partial charge on any atom is 0.416 e. The molecule has 170 valence electrons. The van der Waals surface area contributed by atoms with E-state index in [1.54, 1.807) is 17.8 Å². The van der Waals surface area contributed by atoms with Crippen molar-refractivity contribution in [1.82, 2.24) is 9.36 Å². The number of aromatic nitrogens is 2. The second-order valence-electron chi connectivity index (χ2n) is 8.61. The number of alkyl halides is 3. The van der Waals surface area contributed by atoms with E-state index in [-0.39, 0.29) is 17.0 Å². The topological polar surface area (TPSA) is 48.5 Å². The third-order valence-corrected chi connectivity index (χ3v) is 5.49. The standard InChI is InChI=1S/C21H24ClF4N3O2/c1-20(2,3)16-10-17(29(28(16)4)11-13-6-5-7-31-13)27-19(30)14-8-12(21(24,25)26)9-15(22)18(14)23/h8-10,13H,5-7,11H2,1-4H3/b27-17+/t13-/m1/s1. The number of amides is 1. The summed E-state index contributed by atoms with van der Waals surface area (Å²) in [6, 6.07) is 2.57. The highest BCUT2D eigenvalue weighted by Gasteiger charge is 2.33. The zero-order valence-electron chi connectivity index (χ0n) is 17.7. The maximum atomic E-state index is 14.4. The second-order valence-corrected chi connectivity index (χ2v) is 9.02. The van der Waals surface area contributed by atoms with Crippen LogP contribution in [0.3, 0.4) is 0 Å². The molecular weight excluding hydrogens is 438 g/mol. The first-order chi connectivity index (χ1) is 14.3. The van der Waals surface area contributed by atoms with Gasteiger partial charge in [-0.25, -0.2) is 4.39 Å². The predicted molar refractivity (Wildman–Crippen MR) is 107 cm³/mol. The molecule has 10 heteroatoms. The number of benzene rings is 1. The molecule has 1 aromatic carbocycles. The summed E-state index contributed by atoms with van der Waals surface area (Å²) >= 11 is 5.61. The Morgan fingerprint density at radius 3 is 2.48 bits per heavy atom. The van der Waals surface area contributed by atoms with Crippen LogP contribution in [0.15, 0.2) is 23.2 Å². The number of carbonyl (C=O) groups excluding carboxylic acids is 1. The SMILES string of the molecule is Cn1c(C(C)(C)C)c/c(=N\C(=O)c2cc(C(F)(F)F)cc(Cl)c2F)n1C[C@H]1CCCO1. The average Bonchev–Trinajstić information content (AvgIpc) is 3.26. The van der Waals surface area contributed by atoms with E-state index in [1.807, 2.05) is 25.5 Å². The first kappa shape index (κ1) is 23.5. The fourth-order valence-electron chi connectivity index (χ4n) is 3.64. The highest BCUT2D eigenvalue weighted by molar-refractivity contribution is 6.31. The van der Waals surface area contributed by atoms with Gasteiger partial charge in [0.25, 0.3) is 5.91 Å². The monoisotopic (exact) mass is 461 g/mol. The van der Waals surface area contributed by atoms with Gasteiger partial charge in [-0.15, -0.1) is 0 Å². The lowest BCUT2D eigenvalue weighted by molar-refractivity contribution is -0.137. The second kappa shape index (κ2) is 8.43. The van der Waals surface area contributed by atoms with Crippen LogP contribution in [0.5, 0.6) is 0 Å². The smallest absolute Gasteiger partial charge is 0.376 e. The Kier molecular flexibility index (Phi) is 6.40. The van der Waals surface area contributed by atoms with Gasteiger partial charge in [-0.3, -0.25) is 14.2 Å². The highest BCUT2D eigenvalue weighted by Crippen LogP contribution is 2.33. The van der Waals surface area contributed by atoms with Crippen LogP contribution >= 0.6 is 11.6 Å². The van der Waals surface area contributed by atoms with Crippen LogP contribution in [-0.2, 0) is 29.9 Å². The summed E-state index contributed by atoms with van der Waals surface area (Å²) in [6.45, 7) is 7.00. The van der Waals surface area contributed by atoms with Gasteiger partial charge >= 0.3 is 6.18 Å². The summed E-state index contributed by atoms with van der Waals surface area (Å²) in [6.07, 6.45) is -3.09. The summed E-state index contributed by atoms with van der Waals surface area (Å²) < 4.78 is 63.0. The van der Waals surface area contributed by atoms with Crippen molar-refractivity contribution in [3.05, 3.63) is 51.3 Å². The van der Waals surface area contributed by atoms with Crippen molar-refractivity contribution >= 4 is 17.5 Å². The molecule has 1 atom stereocenters. The summed E-state index contributed by atoms with van der Waals surface area (Å²) in [7, 11) is 1.81. The number of nitrogens with zero attached hydrogens (tertiary/aromatic N) is 3. The van der Waals surface area contributed by atoms with E-state index in [4.69, 9.17) is 16.3 Å². The van der Waals surface area contributed by atoms with Crippen molar-refractivity contribution in [3.63, 3.8) is 0 Å². The first-order valence-corrected chi connectivity index (χ1v) is 10.2. The molecule has 0 bridgehead atoms. The molecule has 1 aliphatic rings. The molecule has 0 saturated carbocycles. The molecule has 0 aliphatic carbocycles. The molecule has 0 radical (unpaired) electrons. The Labute approximate surface area is 182 Å². The van der Waals surface area contributed by atoms with Crippen molar-refractivity contribution in [2.45, 2.75) is 57.9 Å². The van der Waals surface area contributed by atoms with Crippen molar-refractivity contribution in [1.29, 1.82) is 0 Å². The minimum atomic E-state index is -4.78. The van der Waals surface area contributed by atoms with Crippen LogP contribution in [0.1, 0.15) is 55.2 Å². The van der Waals surface area contributed by atoms with Gasteiger partial charge in [0, 0.05) is 30.8 Å². The first-order valence-electron chi connectivity index (χ1n) is 9.83. The molecule has 5 nitrogen and oxygen atoms in total. The third kappa shape index (κ3) is 5.03. The van der Waals surface area contributed by atoms with Crippen LogP contribution in [0, 0.1) is 5.82 Å². The number of ether oxygens (including phenoxy) is 1. The van der Waals surface area contributed by atoms with Crippen LogP contribution in [0.4, 0.5) is 17.6 Å². The molecule has 1 aromatic heterocycles. The maximum absolute atomic E-state index is 14.4. The summed E-state index contributed by atoms with van der Waals surface area (Å²) in [5.41, 5.74) is -1.28. The van der Waals surface area contributed by atoms with Gasteiger partial charge in [-0.05, 0) is 25.0 Å². The molecule has 2 aromatic rings. The van der Waals surface area contributed by atoms with Crippen LogP contribution in [-0.4, -0.2) is 28.0 Å². The summed E-state index contributed by atoms with van der Waals surface area (Å²) in [5, 5.41) is -0.788. The average molecular weight is 462 g/mol. The van der Waals surface area contributed by atoms with E-state index >= 15 is 0 Å². The lowest BCUT2D eigenvalue weighted by Gasteiger charge is -2.21. The largest absolute Gasteiger partial charge is 0.416 e. The van der Waals surface area contributed by atoms with E-state index in [1.165, 1.54) is 0 Å². The van der Waals surface area contributed by atoms with Crippen LogP contribution in [0.25, 0.3) is 0 Å². The molecule has 0 spiro atoms. The molecule has 2 heterocycles. The molecule has 1 saturated heterocycles. The van der Waals surface area contributed by atoms with E-state index in [2.05, 4.69) is 4.99 Å². The predicted octanol–water partition coefficient (Wildman–Crippen LogP) is 4.86. The van der Waals surface area contributed by atoms with Gasteiger partial charge < -0.3 is 4.74 Å². The Morgan fingerprint density at radius 1 is 1.26 bits per heavy atom. The molecular formula is C21H24ClF4N3O2. The molecule has 0 N–H and O–H groups in total. The summed E-state index contributed by atoms with van der Waals surface area (Å²) in [5.74, 6) is -2.38. The molecule has 0 unspecified atom stereocenters. The number of halogens is 5. The van der Waals surface area contributed by atoms with Gasteiger partial charge in [-0.1, -0.05) is 32.4 Å². The number of hydrogen-bond donors (Lipinski definition) is 0. The Hall–Kier alpha value is -2.13. The minimum absolute atomic E-state index is 0.0739. The fourth-order valence-corrected chi connectivity index (χ4v) is 3.86. The zero-order valence-corrected chi connectivity index (χ0v) is 18.4. The fraction of sp³-hybridized carbons (Fsp3) is 0.524.